The van der Waals surface area contributed by atoms with Crippen LogP contribution >= 0.6 is 24.0 Å². The lowest BCUT2D eigenvalue weighted by atomic mass is 10.1. The van der Waals surface area contributed by atoms with Crippen LogP contribution in [0.15, 0.2) is 11.2 Å². The number of hydrogen-bond donors (Lipinski definition) is 1. The summed E-state index contributed by atoms with van der Waals surface area (Å²) in [5.41, 5.74) is 0. The molecule has 1 N–H and O–H groups in total. The molecule has 1 saturated heterocycles. The molecule has 0 atom stereocenters. The van der Waals surface area contributed by atoms with Crippen molar-refractivity contribution in [2.75, 3.05) is 6.61 Å². The molecule has 1 aliphatic rings. The average molecular weight is 330 g/mol. The monoisotopic (exact) mass is 329 g/mol. The molecule has 0 radical (unpaired) electrons. The molecule has 1 aliphatic heterocycles. The van der Waals surface area contributed by atoms with E-state index in [4.69, 9.17) is 17.0 Å². The van der Waals surface area contributed by atoms with E-state index in [1.165, 1.54) is 75.8 Å². The second-order valence-corrected chi connectivity index (χ2v) is 7.10. The maximum absolute atomic E-state index is 11.3. The smallest absolute Gasteiger partial charge is 0.266 e. The van der Waals surface area contributed by atoms with Crippen molar-refractivity contribution in [1.29, 1.82) is 0 Å². The number of carbonyl (C=O) groups excluding carboxylic acids is 1. The number of thioether (sulfide) groups is 1. The zero-order valence-corrected chi connectivity index (χ0v) is 14.6. The minimum Gasteiger partial charge on any atom is -0.500 e. The zero-order valence-electron chi connectivity index (χ0n) is 13.0. The van der Waals surface area contributed by atoms with Crippen LogP contribution < -0.4 is 5.32 Å². The van der Waals surface area contributed by atoms with Crippen molar-refractivity contribution >= 4 is 34.2 Å². The molecule has 3 nitrogen and oxygen atoms in total. The Labute approximate surface area is 138 Å². The Morgan fingerprint density at radius 3 is 2.14 bits per heavy atom. The van der Waals surface area contributed by atoms with Gasteiger partial charge in [-0.2, -0.15) is 0 Å². The predicted octanol–water partition coefficient (Wildman–Crippen LogP) is 4.91. The van der Waals surface area contributed by atoms with E-state index >= 15 is 0 Å². The Kier molecular flexibility index (Phi) is 10.6. The SMILES string of the molecule is CCCCCCCCCCCCOC=C1SC(=S)NC1=O. The van der Waals surface area contributed by atoms with E-state index in [9.17, 15) is 4.79 Å². The van der Waals surface area contributed by atoms with Crippen molar-refractivity contribution in [3.63, 3.8) is 0 Å². The average Bonchev–Trinajstić information content (AvgIpc) is 2.78. The predicted molar refractivity (Wildman–Crippen MR) is 94.2 cm³/mol. The standard InChI is InChI=1S/C16H27NO2S2/c1-2-3-4-5-6-7-8-9-10-11-12-19-13-14-15(18)17-16(20)21-14/h13H,2-12H2,1H3,(H,17,18,20). The van der Waals surface area contributed by atoms with Gasteiger partial charge >= 0.3 is 0 Å². The van der Waals surface area contributed by atoms with E-state index in [1.807, 2.05) is 0 Å². The van der Waals surface area contributed by atoms with Crippen LogP contribution in [0.2, 0.25) is 0 Å². The summed E-state index contributed by atoms with van der Waals surface area (Å²) in [5.74, 6) is -0.145. The van der Waals surface area contributed by atoms with Crippen LogP contribution in [0.4, 0.5) is 0 Å². The molecule has 120 valence electrons. The third-order valence-corrected chi connectivity index (χ3v) is 4.59. The lowest BCUT2D eigenvalue weighted by Crippen LogP contribution is -2.17. The topological polar surface area (TPSA) is 38.3 Å². The molecular formula is C16H27NO2S2. The number of ether oxygens (including phenoxy) is 1. The highest BCUT2D eigenvalue weighted by atomic mass is 32.2. The van der Waals surface area contributed by atoms with Crippen molar-refractivity contribution in [2.24, 2.45) is 0 Å². The highest BCUT2D eigenvalue weighted by Crippen LogP contribution is 2.23. The van der Waals surface area contributed by atoms with E-state index in [-0.39, 0.29) is 5.91 Å². The summed E-state index contributed by atoms with van der Waals surface area (Å²) in [6.07, 6.45) is 14.7. The normalized spacial score (nSPS) is 16.5. The summed E-state index contributed by atoms with van der Waals surface area (Å²) in [5, 5.41) is 2.57. The van der Waals surface area contributed by atoms with Gasteiger partial charge in [-0.1, -0.05) is 88.7 Å². The van der Waals surface area contributed by atoms with E-state index in [0.29, 0.717) is 15.8 Å². The van der Waals surface area contributed by atoms with Gasteiger partial charge in [-0.05, 0) is 6.42 Å². The van der Waals surface area contributed by atoms with Crippen LogP contribution in [0.3, 0.4) is 0 Å². The van der Waals surface area contributed by atoms with Crippen molar-refractivity contribution < 1.29 is 9.53 Å². The fraction of sp³-hybridized carbons (Fsp3) is 0.750. The maximum atomic E-state index is 11.3. The number of amides is 1. The highest BCUT2D eigenvalue weighted by Gasteiger charge is 2.22. The lowest BCUT2D eigenvalue weighted by molar-refractivity contribution is -0.115. The van der Waals surface area contributed by atoms with Gasteiger partial charge in [-0.15, -0.1) is 0 Å². The summed E-state index contributed by atoms with van der Waals surface area (Å²) in [6, 6.07) is 0. The van der Waals surface area contributed by atoms with Gasteiger partial charge in [0, 0.05) is 0 Å². The van der Waals surface area contributed by atoms with Gasteiger partial charge in [0.2, 0.25) is 0 Å². The molecule has 21 heavy (non-hydrogen) atoms. The Bertz CT molecular complexity index is 356. The lowest BCUT2D eigenvalue weighted by Gasteiger charge is -2.03. The quantitative estimate of drug-likeness (QED) is 0.239. The summed E-state index contributed by atoms with van der Waals surface area (Å²) in [7, 11) is 0. The Morgan fingerprint density at radius 2 is 1.62 bits per heavy atom. The fourth-order valence-corrected chi connectivity index (χ4v) is 3.18. The van der Waals surface area contributed by atoms with Crippen LogP contribution in [0.5, 0.6) is 0 Å². The first-order chi connectivity index (χ1) is 10.2. The van der Waals surface area contributed by atoms with Crippen LogP contribution in [0.1, 0.15) is 71.1 Å². The first kappa shape index (κ1) is 18.5. The summed E-state index contributed by atoms with van der Waals surface area (Å²) >= 11 is 6.17. The molecular weight excluding hydrogens is 302 g/mol. The first-order valence-corrected chi connectivity index (χ1v) is 9.31. The molecule has 1 rings (SSSR count). The third-order valence-electron chi connectivity index (χ3n) is 3.45. The molecule has 0 aliphatic carbocycles. The first-order valence-electron chi connectivity index (χ1n) is 8.09. The van der Waals surface area contributed by atoms with Gasteiger partial charge in [-0.3, -0.25) is 4.79 Å². The number of nitrogens with one attached hydrogen (secondary N) is 1. The number of rotatable bonds is 12. The van der Waals surface area contributed by atoms with Gasteiger partial charge in [-0.25, -0.2) is 0 Å². The van der Waals surface area contributed by atoms with Crippen LogP contribution in [-0.2, 0) is 9.53 Å². The largest absolute Gasteiger partial charge is 0.500 e. The maximum Gasteiger partial charge on any atom is 0.266 e. The molecule has 0 spiro atoms. The highest BCUT2D eigenvalue weighted by molar-refractivity contribution is 8.26. The summed E-state index contributed by atoms with van der Waals surface area (Å²) < 4.78 is 5.91. The van der Waals surface area contributed by atoms with Crippen molar-refractivity contribution in [3.8, 4) is 0 Å². The second-order valence-electron chi connectivity index (χ2n) is 5.38. The van der Waals surface area contributed by atoms with Crippen LogP contribution in [0, 0.1) is 0 Å². The van der Waals surface area contributed by atoms with E-state index in [1.54, 1.807) is 0 Å². The van der Waals surface area contributed by atoms with E-state index in [2.05, 4.69) is 12.2 Å². The third kappa shape index (κ3) is 9.14. The minimum absolute atomic E-state index is 0.145. The molecule has 0 saturated carbocycles. The van der Waals surface area contributed by atoms with Crippen molar-refractivity contribution in [3.05, 3.63) is 11.2 Å². The molecule has 0 unspecified atom stereocenters. The van der Waals surface area contributed by atoms with Gasteiger partial charge < -0.3 is 10.1 Å². The van der Waals surface area contributed by atoms with E-state index in [0.717, 1.165) is 6.42 Å². The van der Waals surface area contributed by atoms with Crippen LogP contribution in [0.25, 0.3) is 0 Å². The molecule has 5 heteroatoms. The number of thiocarbonyl (C=S) groups is 1. The molecule has 0 aromatic rings. The van der Waals surface area contributed by atoms with Crippen molar-refractivity contribution in [2.45, 2.75) is 71.1 Å². The van der Waals surface area contributed by atoms with Crippen LogP contribution in [-0.4, -0.2) is 16.8 Å². The zero-order chi connectivity index (χ0) is 15.3. The van der Waals surface area contributed by atoms with Gasteiger partial charge in [0.25, 0.3) is 5.91 Å². The molecule has 0 aromatic carbocycles. The molecule has 0 bridgehead atoms. The Hall–Kier alpha value is -0.550. The molecule has 1 fully saturated rings. The summed E-state index contributed by atoms with van der Waals surface area (Å²) in [4.78, 5) is 11.9. The molecule has 1 heterocycles. The Morgan fingerprint density at radius 1 is 1.05 bits per heavy atom. The Balaban J connectivity index is 1.86. The van der Waals surface area contributed by atoms with E-state index < -0.39 is 0 Å². The van der Waals surface area contributed by atoms with Crippen molar-refractivity contribution in [1.82, 2.24) is 5.32 Å². The second kappa shape index (κ2) is 12.0. The number of unbranched alkanes of at least 4 members (excludes halogenated alkanes) is 9. The molecule has 0 aromatic heterocycles. The van der Waals surface area contributed by atoms with Gasteiger partial charge in [0.05, 0.1) is 6.61 Å². The number of carbonyl (C=O) groups is 1. The number of hydrogen-bond acceptors (Lipinski definition) is 4. The van der Waals surface area contributed by atoms with Gasteiger partial charge in [0.15, 0.2) is 0 Å². The van der Waals surface area contributed by atoms with Gasteiger partial charge in [0.1, 0.15) is 15.5 Å². The fourth-order valence-electron chi connectivity index (χ4n) is 2.21. The minimum atomic E-state index is -0.145. The molecule has 1 amide bonds. The summed E-state index contributed by atoms with van der Waals surface area (Å²) in [6.45, 7) is 2.94.